The molecule has 3 aromatic rings. The number of hydrogen-bond acceptors (Lipinski definition) is 10. The molecule has 2 N–H and O–H groups in total. The van der Waals surface area contributed by atoms with Crippen LogP contribution in [0.15, 0.2) is 47.5 Å². The molecular formula is C27H25FN6O4S. The van der Waals surface area contributed by atoms with Crippen LogP contribution in [-0.4, -0.2) is 52.5 Å². The average molecular weight is 549 g/mol. The van der Waals surface area contributed by atoms with Crippen molar-refractivity contribution in [1.82, 2.24) is 25.6 Å². The van der Waals surface area contributed by atoms with E-state index in [0.29, 0.717) is 51.9 Å². The number of nitrogens with zero attached hydrogens (tertiary/aromatic N) is 4. The van der Waals surface area contributed by atoms with E-state index in [1.54, 1.807) is 18.3 Å². The minimum atomic E-state index is -0.406. The van der Waals surface area contributed by atoms with Gasteiger partial charge in [-0.25, -0.2) is 14.4 Å². The standard InChI is InChI=1S/C27H25FN6O4S/c28-18-10-20(31-21(11-18)17-1-2-22-23(9-17)38-15-37-22)14-29-13-16-4-7-34(8-5-16)26-30-6-3-19(32-26)12-24-25(35)33-27(36)39-24/h1-3,6,9-12,16,29H,4-5,7-8,13-15H2,(H,33,35,36)/b24-12-. The molecule has 6 rings (SSSR count). The fourth-order valence-electron chi connectivity index (χ4n) is 4.74. The first-order valence-corrected chi connectivity index (χ1v) is 13.4. The van der Waals surface area contributed by atoms with Crippen LogP contribution in [0.5, 0.6) is 11.5 Å². The van der Waals surface area contributed by atoms with Crippen molar-refractivity contribution >= 4 is 34.9 Å². The van der Waals surface area contributed by atoms with Gasteiger partial charge in [-0.2, -0.15) is 0 Å². The lowest BCUT2D eigenvalue weighted by Crippen LogP contribution is -2.38. The number of benzene rings is 1. The van der Waals surface area contributed by atoms with Crippen LogP contribution in [0.1, 0.15) is 24.2 Å². The summed E-state index contributed by atoms with van der Waals surface area (Å²) < 4.78 is 25.2. The maximum absolute atomic E-state index is 14.4. The van der Waals surface area contributed by atoms with Gasteiger partial charge in [0.1, 0.15) is 5.82 Å². The molecule has 200 valence electrons. The molecule has 0 radical (unpaired) electrons. The predicted octanol–water partition coefficient (Wildman–Crippen LogP) is 3.74. The van der Waals surface area contributed by atoms with Gasteiger partial charge in [-0.15, -0.1) is 0 Å². The van der Waals surface area contributed by atoms with E-state index in [0.717, 1.165) is 49.8 Å². The van der Waals surface area contributed by atoms with Crippen LogP contribution in [0, 0.1) is 11.7 Å². The zero-order chi connectivity index (χ0) is 26.8. The molecule has 0 aliphatic carbocycles. The van der Waals surface area contributed by atoms with Crippen LogP contribution in [0.3, 0.4) is 0 Å². The summed E-state index contributed by atoms with van der Waals surface area (Å²) in [4.78, 5) is 39.3. The summed E-state index contributed by atoms with van der Waals surface area (Å²) >= 11 is 0.866. The Bertz CT molecular complexity index is 1460. The minimum absolute atomic E-state index is 0.184. The SMILES string of the molecule is O=C1NC(=O)/C(=C/c2ccnc(N3CCC(CNCc4cc(F)cc(-c5ccc6c(c5)OCO6)n4)CC3)n2)S1. The Morgan fingerprint density at radius 3 is 2.77 bits per heavy atom. The molecule has 3 aliphatic rings. The second-order valence-corrected chi connectivity index (χ2v) is 10.4. The molecule has 0 unspecified atom stereocenters. The first kappa shape index (κ1) is 25.3. The summed E-state index contributed by atoms with van der Waals surface area (Å²) in [5.74, 6) is 1.63. The molecule has 2 fully saturated rings. The second kappa shape index (κ2) is 11.0. The van der Waals surface area contributed by atoms with Gasteiger partial charge in [0.15, 0.2) is 11.5 Å². The van der Waals surface area contributed by atoms with Gasteiger partial charge in [-0.1, -0.05) is 0 Å². The minimum Gasteiger partial charge on any atom is -0.454 e. The molecule has 12 heteroatoms. The third-order valence-electron chi connectivity index (χ3n) is 6.73. The molecule has 39 heavy (non-hydrogen) atoms. The number of aromatic nitrogens is 3. The zero-order valence-corrected chi connectivity index (χ0v) is 21.7. The lowest BCUT2D eigenvalue weighted by molar-refractivity contribution is -0.115. The van der Waals surface area contributed by atoms with Crippen molar-refractivity contribution in [2.45, 2.75) is 19.4 Å². The van der Waals surface area contributed by atoms with Crippen molar-refractivity contribution in [1.29, 1.82) is 0 Å². The van der Waals surface area contributed by atoms with Crippen molar-refractivity contribution in [2.24, 2.45) is 5.92 Å². The van der Waals surface area contributed by atoms with E-state index in [1.807, 2.05) is 18.2 Å². The highest BCUT2D eigenvalue weighted by Crippen LogP contribution is 2.35. The molecule has 5 heterocycles. The van der Waals surface area contributed by atoms with E-state index in [2.05, 4.69) is 30.5 Å². The van der Waals surface area contributed by atoms with Crippen molar-refractivity contribution in [2.75, 3.05) is 31.3 Å². The van der Waals surface area contributed by atoms with E-state index in [-0.39, 0.29) is 17.8 Å². The number of piperidine rings is 1. The van der Waals surface area contributed by atoms with E-state index >= 15 is 0 Å². The fourth-order valence-corrected chi connectivity index (χ4v) is 5.40. The molecule has 1 aromatic carbocycles. The summed E-state index contributed by atoms with van der Waals surface area (Å²) in [6.07, 6.45) is 5.16. The number of pyridine rings is 1. The number of amides is 2. The van der Waals surface area contributed by atoms with Crippen LogP contribution < -0.4 is 25.0 Å². The van der Waals surface area contributed by atoms with Crippen LogP contribution in [0.25, 0.3) is 17.3 Å². The number of thioether (sulfide) groups is 1. The first-order chi connectivity index (χ1) is 19.0. The Hall–Kier alpha value is -4.03. The van der Waals surface area contributed by atoms with Crippen molar-refractivity contribution in [3.8, 4) is 22.8 Å². The molecule has 2 amide bonds. The highest BCUT2D eigenvalue weighted by atomic mass is 32.2. The van der Waals surface area contributed by atoms with Crippen LogP contribution >= 0.6 is 11.8 Å². The Morgan fingerprint density at radius 1 is 1.10 bits per heavy atom. The molecule has 0 atom stereocenters. The molecule has 0 saturated carbocycles. The number of hydrogen-bond donors (Lipinski definition) is 2. The van der Waals surface area contributed by atoms with Crippen LogP contribution in [0.4, 0.5) is 15.1 Å². The van der Waals surface area contributed by atoms with Crippen molar-refractivity contribution in [3.63, 3.8) is 0 Å². The number of carbonyl (C=O) groups excluding carboxylic acids is 2. The predicted molar refractivity (Wildman–Crippen MR) is 144 cm³/mol. The maximum Gasteiger partial charge on any atom is 0.290 e. The Balaban J connectivity index is 1.02. The zero-order valence-electron chi connectivity index (χ0n) is 20.9. The summed E-state index contributed by atoms with van der Waals surface area (Å²) in [7, 11) is 0. The molecule has 2 saturated heterocycles. The summed E-state index contributed by atoms with van der Waals surface area (Å²) in [6.45, 7) is 3.03. The third-order valence-corrected chi connectivity index (χ3v) is 7.54. The monoisotopic (exact) mass is 548 g/mol. The Kier molecular flexibility index (Phi) is 7.12. The maximum atomic E-state index is 14.4. The van der Waals surface area contributed by atoms with Gasteiger partial charge < -0.3 is 19.7 Å². The van der Waals surface area contributed by atoms with Gasteiger partial charge in [0.25, 0.3) is 11.1 Å². The lowest BCUT2D eigenvalue weighted by atomic mass is 9.97. The van der Waals surface area contributed by atoms with Gasteiger partial charge in [0.2, 0.25) is 12.7 Å². The number of nitrogens with one attached hydrogen (secondary N) is 2. The van der Waals surface area contributed by atoms with E-state index in [4.69, 9.17) is 9.47 Å². The highest BCUT2D eigenvalue weighted by Gasteiger charge is 2.26. The number of fused-ring (bicyclic) bond motifs is 1. The Morgan fingerprint density at radius 2 is 1.95 bits per heavy atom. The summed E-state index contributed by atoms with van der Waals surface area (Å²) in [6, 6.07) is 10.1. The summed E-state index contributed by atoms with van der Waals surface area (Å²) in [5, 5.41) is 5.30. The van der Waals surface area contributed by atoms with E-state index < -0.39 is 5.91 Å². The normalized spacial score (nSPS) is 18.2. The number of carbonyl (C=O) groups is 2. The molecular weight excluding hydrogens is 523 g/mol. The first-order valence-electron chi connectivity index (χ1n) is 12.6. The van der Waals surface area contributed by atoms with Crippen molar-refractivity contribution < 1.29 is 23.5 Å². The number of imide groups is 1. The number of ether oxygens (including phenoxy) is 2. The van der Waals surface area contributed by atoms with Gasteiger partial charge in [0, 0.05) is 37.5 Å². The highest BCUT2D eigenvalue weighted by molar-refractivity contribution is 8.18. The van der Waals surface area contributed by atoms with Gasteiger partial charge in [-0.3, -0.25) is 19.9 Å². The quantitative estimate of drug-likeness (QED) is 0.423. The molecule has 2 aromatic heterocycles. The average Bonchev–Trinajstić information content (AvgIpc) is 3.53. The number of anilines is 1. The Labute approximate surface area is 228 Å². The summed E-state index contributed by atoms with van der Waals surface area (Å²) in [5.41, 5.74) is 2.54. The van der Waals surface area contributed by atoms with E-state index in [1.165, 1.54) is 12.1 Å². The molecule has 0 spiro atoms. The van der Waals surface area contributed by atoms with Crippen molar-refractivity contribution in [3.05, 3.63) is 64.7 Å². The topological polar surface area (TPSA) is 119 Å². The van der Waals surface area contributed by atoms with Gasteiger partial charge in [-0.05, 0) is 73.5 Å². The van der Waals surface area contributed by atoms with Gasteiger partial charge in [0.05, 0.1) is 22.0 Å². The molecule has 10 nitrogen and oxygen atoms in total. The van der Waals surface area contributed by atoms with Crippen LogP contribution in [0.2, 0.25) is 0 Å². The van der Waals surface area contributed by atoms with Crippen LogP contribution in [-0.2, 0) is 11.3 Å². The second-order valence-electron chi connectivity index (χ2n) is 9.43. The molecule has 3 aliphatic heterocycles. The molecule has 0 bridgehead atoms. The fraction of sp³-hybridized carbons (Fsp3) is 0.296. The smallest absolute Gasteiger partial charge is 0.290 e. The van der Waals surface area contributed by atoms with Gasteiger partial charge >= 0.3 is 0 Å². The number of halogens is 1. The largest absolute Gasteiger partial charge is 0.454 e. The van der Waals surface area contributed by atoms with E-state index in [9.17, 15) is 14.0 Å². The number of rotatable bonds is 7. The lowest BCUT2D eigenvalue weighted by Gasteiger charge is -2.32. The third kappa shape index (κ3) is 5.86.